The highest BCUT2D eigenvalue weighted by Gasteiger charge is 2.05. The molecule has 0 saturated carbocycles. The van der Waals surface area contributed by atoms with Crippen LogP contribution in [0.2, 0.25) is 5.15 Å². The summed E-state index contributed by atoms with van der Waals surface area (Å²) in [6, 6.07) is 8.05. The summed E-state index contributed by atoms with van der Waals surface area (Å²) < 4.78 is 1.07. The maximum Gasteiger partial charge on any atom is 0.137 e. The van der Waals surface area contributed by atoms with Crippen LogP contribution < -0.4 is 5.32 Å². The minimum absolute atomic E-state index is 0.481. The van der Waals surface area contributed by atoms with Crippen molar-refractivity contribution in [3.05, 3.63) is 51.3 Å². The van der Waals surface area contributed by atoms with E-state index in [0.29, 0.717) is 11.7 Å². The summed E-state index contributed by atoms with van der Waals surface area (Å²) in [5, 5.41) is 3.73. The van der Waals surface area contributed by atoms with E-state index in [-0.39, 0.29) is 0 Å². The monoisotopic (exact) mass is 311 g/mol. The van der Waals surface area contributed by atoms with Crippen molar-refractivity contribution in [1.29, 1.82) is 0 Å². The van der Waals surface area contributed by atoms with E-state index >= 15 is 0 Å². The summed E-state index contributed by atoms with van der Waals surface area (Å²) in [7, 11) is 0. The Morgan fingerprint density at radius 2 is 2.06 bits per heavy atom. The largest absolute Gasteiger partial charge is 0.366 e. The number of rotatable bonds is 3. The van der Waals surface area contributed by atoms with Crippen molar-refractivity contribution in [2.45, 2.75) is 13.5 Å². The number of nitrogens with zero attached hydrogens (tertiary/aromatic N) is 2. The molecule has 0 saturated heterocycles. The van der Waals surface area contributed by atoms with Crippen LogP contribution in [-0.4, -0.2) is 9.97 Å². The molecule has 0 amide bonds. The van der Waals surface area contributed by atoms with Crippen LogP contribution in [-0.2, 0) is 6.54 Å². The predicted octanol–water partition coefficient (Wildman–Crippen LogP) is 3.81. The maximum atomic E-state index is 5.93. The standard InChI is InChI=1S/C12H11BrClN3/c1-8-11(14)16-7-17-12(8)15-6-9-4-2-3-5-10(9)13/h2-5,7H,6H2,1H3,(H,15,16,17). The van der Waals surface area contributed by atoms with E-state index in [0.717, 1.165) is 15.9 Å². The Morgan fingerprint density at radius 3 is 2.82 bits per heavy atom. The van der Waals surface area contributed by atoms with Crippen LogP contribution in [0.25, 0.3) is 0 Å². The van der Waals surface area contributed by atoms with Crippen LogP contribution >= 0.6 is 27.5 Å². The molecule has 0 fully saturated rings. The Hall–Kier alpha value is -1.13. The summed E-state index contributed by atoms with van der Waals surface area (Å²) in [5.74, 6) is 0.765. The van der Waals surface area contributed by atoms with Crippen molar-refractivity contribution in [1.82, 2.24) is 9.97 Å². The summed E-state index contributed by atoms with van der Waals surface area (Å²) in [6.45, 7) is 2.58. The lowest BCUT2D eigenvalue weighted by Crippen LogP contribution is -2.04. The van der Waals surface area contributed by atoms with E-state index < -0.39 is 0 Å². The Bertz CT molecular complexity index is 531. The van der Waals surface area contributed by atoms with Gasteiger partial charge in [-0.2, -0.15) is 0 Å². The number of nitrogens with one attached hydrogen (secondary N) is 1. The summed E-state index contributed by atoms with van der Waals surface area (Å²) in [4.78, 5) is 8.08. The van der Waals surface area contributed by atoms with Crippen LogP contribution in [0.4, 0.5) is 5.82 Å². The van der Waals surface area contributed by atoms with Gasteiger partial charge >= 0.3 is 0 Å². The highest BCUT2D eigenvalue weighted by molar-refractivity contribution is 9.10. The molecule has 0 radical (unpaired) electrons. The molecule has 0 unspecified atom stereocenters. The number of hydrogen-bond acceptors (Lipinski definition) is 3. The first-order valence-electron chi connectivity index (χ1n) is 5.13. The van der Waals surface area contributed by atoms with Gasteiger partial charge in [0.25, 0.3) is 0 Å². The lowest BCUT2D eigenvalue weighted by Gasteiger charge is -2.09. The zero-order valence-electron chi connectivity index (χ0n) is 9.24. The molecule has 0 aliphatic carbocycles. The maximum absolute atomic E-state index is 5.93. The molecule has 0 spiro atoms. The average Bonchev–Trinajstić information content (AvgIpc) is 2.33. The van der Waals surface area contributed by atoms with Gasteiger partial charge in [-0.05, 0) is 18.6 Å². The predicted molar refractivity (Wildman–Crippen MR) is 73.2 cm³/mol. The van der Waals surface area contributed by atoms with E-state index in [9.17, 15) is 0 Å². The van der Waals surface area contributed by atoms with Crippen molar-refractivity contribution in [2.75, 3.05) is 5.32 Å². The fourth-order valence-corrected chi connectivity index (χ4v) is 1.99. The van der Waals surface area contributed by atoms with Crippen LogP contribution in [0.15, 0.2) is 35.1 Å². The van der Waals surface area contributed by atoms with Crippen LogP contribution in [0.5, 0.6) is 0 Å². The molecule has 0 aliphatic rings. The third-order valence-electron chi connectivity index (χ3n) is 2.43. The first kappa shape index (κ1) is 12.3. The molecule has 2 rings (SSSR count). The molecule has 1 aromatic heterocycles. The van der Waals surface area contributed by atoms with Crippen LogP contribution in [0.3, 0.4) is 0 Å². The molecule has 0 aliphatic heterocycles. The van der Waals surface area contributed by atoms with Gasteiger partial charge in [0.2, 0.25) is 0 Å². The first-order chi connectivity index (χ1) is 8.18. The van der Waals surface area contributed by atoms with Gasteiger partial charge in [-0.15, -0.1) is 0 Å². The first-order valence-corrected chi connectivity index (χ1v) is 6.30. The summed E-state index contributed by atoms with van der Waals surface area (Å²) >= 11 is 9.43. The Labute approximate surface area is 113 Å². The minimum Gasteiger partial charge on any atom is -0.366 e. The molecule has 17 heavy (non-hydrogen) atoms. The van der Waals surface area contributed by atoms with E-state index in [1.807, 2.05) is 25.1 Å². The number of benzene rings is 1. The van der Waals surface area contributed by atoms with Gasteiger partial charge in [0.05, 0.1) is 0 Å². The van der Waals surface area contributed by atoms with Gasteiger partial charge in [0.15, 0.2) is 0 Å². The molecule has 0 bridgehead atoms. The van der Waals surface area contributed by atoms with Crippen LogP contribution in [0, 0.1) is 6.92 Å². The highest BCUT2D eigenvalue weighted by Crippen LogP contribution is 2.20. The van der Waals surface area contributed by atoms with E-state index in [1.54, 1.807) is 0 Å². The van der Waals surface area contributed by atoms with Crippen LogP contribution in [0.1, 0.15) is 11.1 Å². The lowest BCUT2D eigenvalue weighted by atomic mass is 10.2. The van der Waals surface area contributed by atoms with E-state index in [2.05, 4.69) is 37.3 Å². The number of hydrogen-bond donors (Lipinski definition) is 1. The second-order valence-electron chi connectivity index (χ2n) is 3.58. The lowest BCUT2D eigenvalue weighted by molar-refractivity contribution is 1.05. The van der Waals surface area contributed by atoms with E-state index in [1.165, 1.54) is 11.9 Å². The van der Waals surface area contributed by atoms with Gasteiger partial charge in [0.1, 0.15) is 17.3 Å². The number of aromatic nitrogens is 2. The fourth-order valence-electron chi connectivity index (χ4n) is 1.43. The Morgan fingerprint density at radius 1 is 1.29 bits per heavy atom. The molecule has 88 valence electrons. The molecule has 5 heteroatoms. The molecule has 1 heterocycles. The zero-order chi connectivity index (χ0) is 12.3. The van der Waals surface area contributed by atoms with Crippen molar-refractivity contribution >= 4 is 33.3 Å². The second kappa shape index (κ2) is 5.47. The van der Waals surface area contributed by atoms with Crippen molar-refractivity contribution in [3.63, 3.8) is 0 Å². The Kier molecular flexibility index (Phi) is 3.97. The molecular formula is C12H11BrClN3. The average molecular weight is 313 g/mol. The third-order valence-corrected chi connectivity index (χ3v) is 3.58. The topological polar surface area (TPSA) is 37.8 Å². The summed E-state index contributed by atoms with van der Waals surface area (Å²) in [6.07, 6.45) is 1.46. The molecule has 2 aromatic rings. The molecule has 1 N–H and O–H groups in total. The Balaban J connectivity index is 2.13. The second-order valence-corrected chi connectivity index (χ2v) is 4.80. The number of anilines is 1. The van der Waals surface area contributed by atoms with Crippen molar-refractivity contribution in [2.24, 2.45) is 0 Å². The SMILES string of the molecule is Cc1c(Cl)ncnc1NCc1ccccc1Br. The highest BCUT2D eigenvalue weighted by atomic mass is 79.9. The van der Waals surface area contributed by atoms with Gasteiger partial charge in [-0.25, -0.2) is 9.97 Å². The minimum atomic E-state index is 0.481. The van der Waals surface area contributed by atoms with Gasteiger partial charge in [0, 0.05) is 16.6 Å². The molecule has 3 nitrogen and oxygen atoms in total. The summed E-state index contributed by atoms with van der Waals surface area (Å²) in [5.41, 5.74) is 2.03. The molecular weight excluding hydrogens is 302 g/mol. The van der Waals surface area contributed by atoms with Gasteiger partial charge in [-0.1, -0.05) is 45.7 Å². The molecule has 0 atom stereocenters. The normalized spacial score (nSPS) is 10.3. The van der Waals surface area contributed by atoms with Gasteiger partial charge < -0.3 is 5.32 Å². The number of halogens is 2. The zero-order valence-corrected chi connectivity index (χ0v) is 11.6. The quantitative estimate of drug-likeness (QED) is 0.876. The van der Waals surface area contributed by atoms with Crippen molar-refractivity contribution < 1.29 is 0 Å². The molecule has 1 aromatic carbocycles. The van der Waals surface area contributed by atoms with Gasteiger partial charge in [-0.3, -0.25) is 0 Å². The van der Waals surface area contributed by atoms with Crippen molar-refractivity contribution in [3.8, 4) is 0 Å². The van der Waals surface area contributed by atoms with E-state index in [4.69, 9.17) is 11.6 Å². The third kappa shape index (κ3) is 2.96. The smallest absolute Gasteiger partial charge is 0.137 e. The fraction of sp³-hybridized carbons (Fsp3) is 0.167.